The molecule has 6 heteroatoms. The van der Waals surface area contributed by atoms with E-state index >= 15 is 0 Å². The minimum Gasteiger partial charge on any atom is -0.322 e. The fourth-order valence-electron chi connectivity index (χ4n) is 1.91. The second-order valence-corrected chi connectivity index (χ2v) is 5.09. The van der Waals surface area contributed by atoms with Gasteiger partial charge in [-0.3, -0.25) is 4.79 Å². The highest BCUT2D eigenvalue weighted by molar-refractivity contribution is 9.10. The molecule has 0 saturated carbocycles. The predicted octanol–water partition coefficient (Wildman–Crippen LogP) is 2.81. The predicted molar refractivity (Wildman–Crippen MR) is 68.3 cm³/mol. The first-order valence-corrected chi connectivity index (χ1v) is 6.56. The summed E-state index contributed by atoms with van der Waals surface area (Å²) in [6, 6.07) is 1.67. The highest BCUT2D eigenvalue weighted by Crippen LogP contribution is 2.24. The third-order valence-electron chi connectivity index (χ3n) is 2.89. The molecule has 0 radical (unpaired) electrons. The SMILES string of the molecule is O=C(Nc1cc(Br)c(F)cc1F)[C@@H]1CCCCN1. The van der Waals surface area contributed by atoms with Crippen LogP contribution in [0.5, 0.6) is 0 Å². The molecule has 1 atom stereocenters. The lowest BCUT2D eigenvalue weighted by molar-refractivity contribution is -0.118. The van der Waals surface area contributed by atoms with Crippen molar-refractivity contribution in [3.05, 3.63) is 28.2 Å². The molecule has 3 nitrogen and oxygen atoms in total. The van der Waals surface area contributed by atoms with Crippen molar-refractivity contribution in [1.29, 1.82) is 0 Å². The molecule has 0 aromatic heterocycles. The summed E-state index contributed by atoms with van der Waals surface area (Å²) in [5, 5.41) is 5.54. The molecular formula is C12H13BrF2N2O. The van der Waals surface area contributed by atoms with Crippen molar-refractivity contribution in [2.75, 3.05) is 11.9 Å². The molecule has 98 valence electrons. The standard InChI is InChI=1S/C12H13BrF2N2O/c13-7-5-11(9(15)6-8(7)14)17-12(18)10-3-1-2-4-16-10/h5-6,10,16H,1-4H2,(H,17,18)/t10-/m0/s1. The average molecular weight is 319 g/mol. The number of amides is 1. The van der Waals surface area contributed by atoms with Crippen LogP contribution in [-0.4, -0.2) is 18.5 Å². The molecule has 0 spiro atoms. The lowest BCUT2D eigenvalue weighted by Gasteiger charge is -2.22. The molecule has 1 aliphatic rings. The van der Waals surface area contributed by atoms with E-state index in [0.29, 0.717) is 0 Å². The summed E-state index contributed by atoms with van der Waals surface area (Å²) in [6.07, 6.45) is 2.75. The zero-order valence-electron chi connectivity index (χ0n) is 9.60. The van der Waals surface area contributed by atoms with E-state index in [4.69, 9.17) is 0 Å². The number of anilines is 1. The molecule has 0 unspecified atom stereocenters. The molecule has 0 bridgehead atoms. The van der Waals surface area contributed by atoms with E-state index in [1.807, 2.05) is 0 Å². The van der Waals surface area contributed by atoms with Crippen LogP contribution in [0.2, 0.25) is 0 Å². The first kappa shape index (κ1) is 13.4. The molecular weight excluding hydrogens is 306 g/mol. The molecule has 2 rings (SSSR count). The maximum atomic E-state index is 13.5. The van der Waals surface area contributed by atoms with Crippen LogP contribution in [0.3, 0.4) is 0 Å². The van der Waals surface area contributed by atoms with E-state index in [-0.39, 0.29) is 22.1 Å². The van der Waals surface area contributed by atoms with Gasteiger partial charge in [0.1, 0.15) is 11.6 Å². The van der Waals surface area contributed by atoms with Gasteiger partial charge in [0.15, 0.2) is 0 Å². The van der Waals surface area contributed by atoms with E-state index in [1.165, 1.54) is 6.07 Å². The Morgan fingerprint density at radius 3 is 2.78 bits per heavy atom. The topological polar surface area (TPSA) is 41.1 Å². The fraction of sp³-hybridized carbons (Fsp3) is 0.417. The Morgan fingerprint density at radius 2 is 2.11 bits per heavy atom. The Bertz CT molecular complexity index is 462. The van der Waals surface area contributed by atoms with E-state index in [1.54, 1.807) is 0 Å². The molecule has 18 heavy (non-hydrogen) atoms. The van der Waals surface area contributed by atoms with Gasteiger partial charge in [0.25, 0.3) is 0 Å². The van der Waals surface area contributed by atoms with Crippen molar-refractivity contribution in [3.8, 4) is 0 Å². The van der Waals surface area contributed by atoms with Crippen LogP contribution in [0.25, 0.3) is 0 Å². The lowest BCUT2D eigenvalue weighted by atomic mass is 10.0. The number of hydrogen-bond donors (Lipinski definition) is 2. The number of hydrogen-bond acceptors (Lipinski definition) is 2. The number of halogens is 3. The normalized spacial score (nSPS) is 19.6. The largest absolute Gasteiger partial charge is 0.322 e. The first-order chi connectivity index (χ1) is 8.58. The maximum Gasteiger partial charge on any atom is 0.241 e. The number of piperidine rings is 1. The third kappa shape index (κ3) is 3.05. The Morgan fingerprint density at radius 1 is 1.33 bits per heavy atom. The zero-order chi connectivity index (χ0) is 13.1. The molecule has 1 aromatic carbocycles. The molecule has 2 N–H and O–H groups in total. The van der Waals surface area contributed by atoms with Gasteiger partial charge >= 0.3 is 0 Å². The molecule has 1 aliphatic heterocycles. The Hall–Kier alpha value is -1.01. The van der Waals surface area contributed by atoms with E-state index in [0.717, 1.165) is 31.9 Å². The highest BCUT2D eigenvalue weighted by atomic mass is 79.9. The minimum atomic E-state index is -0.778. The molecule has 1 heterocycles. The van der Waals surface area contributed by atoms with Crippen molar-refractivity contribution >= 4 is 27.5 Å². The molecule has 0 aliphatic carbocycles. The molecule has 1 fully saturated rings. The summed E-state index contributed by atoms with van der Waals surface area (Å²) in [6.45, 7) is 0.785. The summed E-state index contributed by atoms with van der Waals surface area (Å²) in [5.41, 5.74) is -0.0133. The fourth-order valence-corrected chi connectivity index (χ4v) is 2.26. The second-order valence-electron chi connectivity index (χ2n) is 4.24. The van der Waals surface area contributed by atoms with Crippen molar-refractivity contribution < 1.29 is 13.6 Å². The van der Waals surface area contributed by atoms with Crippen molar-refractivity contribution in [3.63, 3.8) is 0 Å². The number of rotatable bonds is 2. The number of benzene rings is 1. The van der Waals surface area contributed by atoms with Crippen molar-refractivity contribution in [1.82, 2.24) is 5.32 Å². The Kier molecular flexibility index (Phi) is 4.29. The van der Waals surface area contributed by atoms with Gasteiger partial charge in [0, 0.05) is 6.07 Å². The summed E-state index contributed by atoms with van der Waals surface area (Å²) < 4.78 is 26.6. The smallest absolute Gasteiger partial charge is 0.241 e. The summed E-state index contributed by atoms with van der Waals surface area (Å²) in [5.74, 6) is -1.76. The zero-order valence-corrected chi connectivity index (χ0v) is 11.2. The number of carbonyl (C=O) groups is 1. The van der Waals surface area contributed by atoms with E-state index in [2.05, 4.69) is 26.6 Å². The quantitative estimate of drug-likeness (QED) is 0.823. The number of carbonyl (C=O) groups excluding carboxylic acids is 1. The van der Waals surface area contributed by atoms with Gasteiger partial charge in [-0.2, -0.15) is 0 Å². The summed E-state index contributed by atoms with van der Waals surface area (Å²) in [7, 11) is 0. The van der Waals surface area contributed by atoms with E-state index < -0.39 is 11.6 Å². The first-order valence-electron chi connectivity index (χ1n) is 5.76. The van der Waals surface area contributed by atoms with Gasteiger partial charge in [0.05, 0.1) is 16.2 Å². The van der Waals surface area contributed by atoms with Gasteiger partial charge in [-0.1, -0.05) is 6.42 Å². The van der Waals surface area contributed by atoms with Crippen LogP contribution in [0, 0.1) is 11.6 Å². The highest BCUT2D eigenvalue weighted by Gasteiger charge is 2.21. The van der Waals surface area contributed by atoms with Crippen LogP contribution in [0.4, 0.5) is 14.5 Å². The van der Waals surface area contributed by atoms with Crippen molar-refractivity contribution in [2.45, 2.75) is 25.3 Å². The number of nitrogens with one attached hydrogen (secondary N) is 2. The Labute approximate surface area is 112 Å². The minimum absolute atomic E-state index is 0.0133. The summed E-state index contributed by atoms with van der Waals surface area (Å²) >= 11 is 2.96. The van der Waals surface area contributed by atoms with E-state index in [9.17, 15) is 13.6 Å². The second kappa shape index (κ2) is 5.75. The maximum absolute atomic E-state index is 13.5. The monoisotopic (exact) mass is 318 g/mol. The van der Waals surface area contributed by atoms with Gasteiger partial charge in [-0.05, 0) is 41.4 Å². The molecule has 1 saturated heterocycles. The van der Waals surface area contributed by atoms with Crippen LogP contribution in [0.1, 0.15) is 19.3 Å². The average Bonchev–Trinajstić information content (AvgIpc) is 2.37. The van der Waals surface area contributed by atoms with Crippen LogP contribution >= 0.6 is 15.9 Å². The van der Waals surface area contributed by atoms with Crippen LogP contribution in [0.15, 0.2) is 16.6 Å². The van der Waals surface area contributed by atoms with Gasteiger partial charge in [0.2, 0.25) is 5.91 Å². The molecule has 1 aromatic rings. The van der Waals surface area contributed by atoms with Gasteiger partial charge < -0.3 is 10.6 Å². The van der Waals surface area contributed by atoms with Gasteiger partial charge in [-0.15, -0.1) is 0 Å². The summed E-state index contributed by atoms with van der Waals surface area (Å²) in [4.78, 5) is 11.9. The Balaban J connectivity index is 2.08. The molecule has 1 amide bonds. The van der Waals surface area contributed by atoms with Gasteiger partial charge in [-0.25, -0.2) is 8.78 Å². The third-order valence-corrected chi connectivity index (χ3v) is 3.50. The lowest BCUT2D eigenvalue weighted by Crippen LogP contribution is -2.43. The van der Waals surface area contributed by atoms with Crippen LogP contribution < -0.4 is 10.6 Å². The van der Waals surface area contributed by atoms with Crippen LogP contribution in [-0.2, 0) is 4.79 Å². The van der Waals surface area contributed by atoms with Crippen molar-refractivity contribution in [2.24, 2.45) is 0 Å².